The van der Waals surface area contributed by atoms with Gasteiger partial charge in [-0.25, -0.2) is 4.68 Å². The molecule has 2 rings (SSSR count). The lowest BCUT2D eigenvalue weighted by Crippen LogP contribution is -2.27. The van der Waals surface area contributed by atoms with Gasteiger partial charge in [-0.3, -0.25) is 10.1 Å². The summed E-state index contributed by atoms with van der Waals surface area (Å²) in [6, 6.07) is 4.93. The Kier molecular flexibility index (Phi) is 5.87. The van der Waals surface area contributed by atoms with Crippen molar-refractivity contribution in [2.45, 2.75) is 13.0 Å². The Morgan fingerprint density at radius 2 is 2.21 bits per heavy atom. The van der Waals surface area contributed by atoms with Crippen LogP contribution in [0, 0.1) is 17.0 Å². The molecule has 1 atom stereocenters. The van der Waals surface area contributed by atoms with Gasteiger partial charge in [0.25, 0.3) is 0 Å². The third kappa shape index (κ3) is 4.08. The van der Waals surface area contributed by atoms with Crippen LogP contribution < -0.4 is 10.1 Å². The smallest absolute Gasteiger partial charge is 0.333 e. The summed E-state index contributed by atoms with van der Waals surface area (Å²) in [5, 5.41) is 28.5. The number of nitrogens with zero attached hydrogens (tertiary/aromatic N) is 3. The van der Waals surface area contributed by atoms with Crippen LogP contribution in [0.5, 0.6) is 5.75 Å². The summed E-state index contributed by atoms with van der Waals surface area (Å²) in [7, 11) is 1.58. The number of aliphatic hydroxyl groups is 1. The van der Waals surface area contributed by atoms with E-state index in [-0.39, 0.29) is 29.7 Å². The predicted molar refractivity (Wildman–Crippen MR) is 91.1 cm³/mol. The van der Waals surface area contributed by atoms with Crippen molar-refractivity contribution in [2.75, 3.05) is 18.5 Å². The Hall–Kier alpha value is -2.03. The molecule has 2 aromatic rings. The molecule has 1 aromatic heterocycles. The zero-order chi connectivity index (χ0) is 17.9. The molecule has 10 heteroatoms. The summed E-state index contributed by atoms with van der Waals surface area (Å²) in [6.45, 7) is 1.53. The lowest BCUT2D eigenvalue weighted by atomic mass is 10.3. The lowest BCUT2D eigenvalue weighted by Gasteiger charge is -2.14. The number of benzene rings is 1. The van der Waals surface area contributed by atoms with E-state index in [1.165, 1.54) is 4.68 Å². The van der Waals surface area contributed by atoms with Gasteiger partial charge in [0.05, 0.1) is 9.95 Å². The molecule has 0 amide bonds. The second-order valence-corrected chi connectivity index (χ2v) is 5.85. The first kappa shape index (κ1) is 18.3. The van der Waals surface area contributed by atoms with E-state index >= 15 is 0 Å². The Labute approximate surface area is 148 Å². The zero-order valence-electron chi connectivity index (χ0n) is 13.0. The van der Waals surface area contributed by atoms with Gasteiger partial charge in [0, 0.05) is 13.6 Å². The van der Waals surface area contributed by atoms with Crippen molar-refractivity contribution < 1.29 is 14.8 Å². The Bertz CT molecular complexity index is 751. The first-order valence-electron chi connectivity index (χ1n) is 6.98. The van der Waals surface area contributed by atoms with E-state index in [2.05, 4.69) is 10.4 Å². The van der Waals surface area contributed by atoms with Crippen LogP contribution in [0.2, 0.25) is 10.0 Å². The van der Waals surface area contributed by atoms with E-state index in [0.717, 1.165) is 0 Å². The van der Waals surface area contributed by atoms with Gasteiger partial charge in [0.15, 0.2) is 0 Å². The number of aryl methyl sites for hydroxylation is 2. The number of nitrogens with one attached hydrogen (secondary N) is 1. The molecule has 8 nitrogen and oxygen atoms in total. The fraction of sp³-hybridized carbons (Fsp3) is 0.357. The van der Waals surface area contributed by atoms with Gasteiger partial charge in [0.1, 0.15) is 29.2 Å². The summed E-state index contributed by atoms with van der Waals surface area (Å²) in [5.74, 6) is 0.572. The fourth-order valence-corrected chi connectivity index (χ4v) is 2.46. The van der Waals surface area contributed by atoms with E-state index in [4.69, 9.17) is 27.9 Å². The topological polar surface area (TPSA) is 102 Å². The first-order valence-corrected chi connectivity index (χ1v) is 7.73. The number of ether oxygens (including phenoxy) is 1. The molecule has 0 spiro atoms. The van der Waals surface area contributed by atoms with Crippen LogP contribution >= 0.6 is 23.2 Å². The van der Waals surface area contributed by atoms with Gasteiger partial charge in [-0.05, 0) is 19.1 Å². The van der Waals surface area contributed by atoms with Gasteiger partial charge in [-0.1, -0.05) is 29.3 Å². The monoisotopic (exact) mass is 374 g/mol. The van der Waals surface area contributed by atoms with Crippen molar-refractivity contribution in [2.24, 2.45) is 7.05 Å². The van der Waals surface area contributed by atoms with Gasteiger partial charge in [-0.15, -0.1) is 0 Å². The molecule has 24 heavy (non-hydrogen) atoms. The van der Waals surface area contributed by atoms with E-state index in [0.29, 0.717) is 16.5 Å². The molecule has 0 bridgehead atoms. The second kappa shape index (κ2) is 7.69. The molecule has 0 radical (unpaired) electrons. The van der Waals surface area contributed by atoms with E-state index < -0.39 is 11.0 Å². The molecule has 0 fully saturated rings. The third-order valence-electron chi connectivity index (χ3n) is 3.23. The van der Waals surface area contributed by atoms with Crippen LogP contribution in [0.25, 0.3) is 0 Å². The molecule has 0 aliphatic rings. The van der Waals surface area contributed by atoms with Crippen molar-refractivity contribution in [3.05, 3.63) is 44.1 Å². The standard InChI is InChI=1S/C14H16Cl2N4O4/c1-8-13(20(22)23)14(19(2)18-8)17-6-9(21)7-24-11-5-3-4-10(15)12(11)16/h3-5,9,17,21H,6-7H2,1-2H3/t9-/m0/s1. The summed E-state index contributed by atoms with van der Waals surface area (Å²) in [5.41, 5.74) is 0.171. The Morgan fingerprint density at radius 3 is 2.88 bits per heavy atom. The molecule has 0 aliphatic heterocycles. The number of hydrogen-bond donors (Lipinski definition) is 2. The maximum atomic E-state index is 11.1. The number of halogens is 2. The molecule has 1 aromatic carbocycles. The maximum Gasteiger partial charge on any atom is 0.333 e. The Morgan fingerprint density at radius 1 is 1.50 bits per heavy atom. The minimum Gasteiger partial charge on any atom is -0.489 e. The number of aromatic nitrogens is 2. The number of rotatable bonds is 7. The van der Waals surface area contributed by atoms with Crippen molar-refractivity contribution in [1.82, 2.24) is 9.78 Å². The summed E-state index contributed by atoms with van der Waals surface area (Å²) in [6.07, 6.45) is -0.921. The van der Waals surface area contributed by atoms with Crippen LogP contribution in [0.1, 0.15) is 5.69 Å². The van der Waals surface area contributed by atoms with Crippen molar-refractivity contribution >= 4 is 34.7 Å². The maximum absolute atomic E-state index is 11.1. The molecular weight excluding hydrogens is 359 g/mol. The lowest BCUT2D eigenvalue weighted by molar-refractivity contribution is -0.384. The number of aliphatic hydroxyl groups excluding tert-OH is 1. The minimum atomic E-state index is -0.921. The number of anilines is 1. The highest BCUT2D eigenvalue weighted by Crippen LogP contribution is 2.31. The molecule has 2 N–H and O–H groups in total. The summed E-state index contributed by atoms with van der Waals surface area (Å²) >= 11 is 11.9. The quantitative estimate of drug-likeness (QED) is 0.570. The summed E-state index contributed by atoms with van der Waals surface area (Å²) in [4.78, 5) is 10.6. The van der Waals surface area contributed by atoms with Gasteiger partial charge in [-0.2, -0.15) is 5.10 Å². The minimum absolute atomic E-state index is 0.0397. The van der Waals surface area contributed by atoms with Crippen LogP contribution in [0.3, 0.4) is 0 Å². The molecular formula is C14H16Cl2N4O4. The average molecular weight is 375 g/mol. The van der Waals surface area contributed by atoms with Gasteiger partial charge >= 0.3 is 5.69 Å². The van der Waals surface area contributed by atoms with E-state index in [9.17, 15) is 15.2 Å². The van der Waals surface area contributed by atoms with Gasteiger partial charge in [0.2, 0.25) is 5.82 Å². The highest BCUT2D eigenvalue weighted by molar-refractivity contribution is 6.42. The van der Waals surface area contributed by atoms with Crippen LogP contribution in [0.4, 0.5) is 11.5 Å². The average Bonchev–Trinajstić information content (AvgIpc) is 2.80. The van der Waals surface area contributed by atoms with Crippen LogP contribution in [0.15, 0.2) is 18.2 Å². The Balaban J connectivity index is 1.96. The van der Waals surface area contributed by atoms with Crippen molar-refractivity contribution in [1.29, 1.82) is 0 Å². The zero-order valence-corrected chi connectivity index (χ0v) is 14.5. The predicted octanol–water partition coefficient (Wildman–Crippen LogP) is 2.80. The van der Waals surface area contributed by atoms with E-state index in [1.807, 2.05) is 0 Å². The molecule has 130 valence electrons. The largest absolute Gasteiger partial charge is 0.489 e. The molecule has 1 heterocycles. The number of nitro groups is 1. The van der Waals surface area contributed by atoms with Gasteiger partial charge < -0.3 is 15.2 Å². The highest BCUT2D eigenvalue weighted by atomic mass is 35.5. The second-order valence-electron chi connectivity index (χ2n) is 5.06. The molecule has 0 unspecified atom stereocenters. The van der Waals surface area contributed by atoms with E-state index in [1.54, 1.807) is 32.2 Å². The molecule has 0 saturated carbocycles. The van der Waals surface area contributed by atoms with Crippen molar-refractivity contribution in [3.8, 4) is 5.75 Å². The van der Waals surface area contributed by atoms with Crippen LogP contribution in [-0.2, 0) is 7.05 Å². The normalized spacial score (nSPS) is 12.0. The summed E-state index contributed by atoms with van der Waals surface area (Å²) < 4.78 is 6.77. The molecule has 0 aliphatic carbocycles. The van der Waals surface area contributed by atoms with Crippen molar-refractivity contribution in [3.63, 3.8) is 0 Å². The van der Waals surface area contributed by atoms with Crippen LogP contribution in [-0.4, -0.2) is 39.1 Å². The number of hydrogen-bond acceptors (Lipinski definition) is 6. The third-order valence-corrected chi connectivity index (χ3v) is 4.03. The SMILES string of the molecule is Cc1nn(C)c(NC[C@H](O)COc2cccc(Cl)c2Cl)c1[N+](=O)[O-]. The fourth-order valence-electron chi connectivity index (χ4n) is 2.12. The molecule has 0 saturated heterocycles. The first-order chi connectivity index (χ1) is 11.3. The highest BCUT2D eigenvalue weighted by Gasteiger charge is 2.24.